The van der Waals surface area contributed by atoms with E-state index in [0.717, 1.165) is 11.1 Å². The zero-order chi connectivity index (χ0) is 12.0. The molecule has 2 nitrogen and oxygen atoms in total. The smallest absolute Gasteiger partial charge is 0.157 e. The number of hydrogen-bond donors (Lipinski definition) is 1. The molecule has 0 aliphatic carbocycles. The first kappa shape index (κ1) is 13.9. The lowest BCUT2D eigenvalue weighted by molar-refractivity contribution is 0.494. The van der Waals surface area contributed by atoms with Crippen LogP contribution in [0.4, 0.5) is 0 Å². The molecule has 2 atom stereocenters. The first-order valence-corrected chi connectivity index (χ1v) is 7.53. The summed E-state index contributed by atoms with van der Waals surface area (Å²) in [5, 5.41) is 4.70. The Morgan fingerprint density at radius 2 is 2.12 bits per heavy atom. The zero-order valence-corrected chi connectivity index (χ0v) is 11.9. The maximum atomic E-state index is 4.63. The van der Waals surface area contributed by atoms with E-state index in [1.807, 2.05) is 11.8 Å². The number of nitrogens with one attached hydrogen (secondary N) is 1. The summed E-state index contributed by atoms with van der Waals surface area (Å²) in [4.78, 5) is 4.63. The number of rotatable bonds is 5. The summed E-state index contributed by atoms with van der Waals surface area (Å²) in [5.41, 5.74) is 0. The molecule has 1 aliphatic rings. The molecule has 1 aliphatic heterocycles. The van der Waals surface area contributed by atoms with Gasteiger partial charge in [0.2, 0.25) is 0 Å². The fraction of sp³-hybridized carbons (Fsp3) is 0.923. The van der Waals surface area contributed by atoms with Crippen LogP contribution >= 0.6 is 11.8 Å². The van der Waals surface area contributed by atoms with Gasteiger partial charge in [0.25, 0.3) is 0 Å². The maximum absolute atomic E-state index is 4.63. The van der Waals surface area contributed by atoms with Gasteiger partial charge in [0.05, 0.1) is 6.04 Å². The van der Waals surface area contributed by atoms with Gasteiger partial charge in [-0.3, -0.25) is 4.99 Å². The summed E-state index contributed by atoms with van der Waals surface area (Å²) >= 11 is 1.87. The molecule has 0 saturated carbocycles. The minimum atomic E-state index is 0.506. The Balaban J connectivity index is 2.20. The zero-order valence-electron chi connectivity index (χ0n) is 11.1. The van der Waals surface area contributed by atoms with Crippen molar-refractivity contribution in [1.82, 2.24) is 5.32 Å². The Labute approximate surface area is 105 Å². The van der Waals surface area contributed by atoms with Crippen LogP contribution in [0.5, 0.6) is 0 Å². The molecular weight excluding hydrogens is 216 g/mol. The molecule has 0 bridgehead atoms. The molecule has 0 aromatic carbocycles. The fourth-order valence-corrected chi connectivity index (χ4v) is 3.01. The number of hydrogen-bond acceptors (Lipinski definition) is 3. The van der Waals surface area contributed by atoms with Gasteiger partial charge in [-0.2, -0.15) is 0 Å². The number of aliphatic imine (C=N–C) groups is 1. The highest BCUT2D eigenvalue weighted by atomic mass is 32.2. The van der Waals surface area contributed by atoms with E-state index in [-0.39, 0.29) is 0 Å². The van der Waals surface area contributed by atoms with Gasteiger partial charge >= 0.3 is 0 Å². The monoisotopic (exact) mass is 242 g/mol. The van der Waals surface area contributed by atoms with E-state index in [1.54, 1.807) is 0 Å². The van der Waals surface area contributed by atoms with Crippen LogP contribution in [0.25, 0.3) is 0 Å². The number of nitrogens with zero attached hydrogens (tertiary/aromatic N) is 1. The van der Waals surface area contributed by atoms with Crippen molar-refractivity contribution in [2.75, 3.05) is 5.75 Å². The predicted molar refractivity (Wildman–Crippen MR) is 75.3 cm³/mol. The average Bonchev–Trinajstić information content (AvgIpc) is 2.16. The Morgan fingerprint density at radius 3 is 2.75 bits per heavy atom. The molecule has 2 unspecified atom stereocenters. The van der Waals surface area contributed by atoms with Crippen LogP contribution < -0.4 is 5.32 Å². The molecule has 16 heavy (non-hydrogen) atoms. The van der Waals surface area contributed by atoms with Crippen molar-refractivity contribution < 1.29 is 0 Å². The summed E-state index contributed by atoms with van der Waals surface area (Å²) in [6, 6.07) is 1.07. The molecule has 0 aromatic heterocycles. The first-order chi connectivity index (χ1) is 7.58. The highest BCUT2D eigenvalue weighted by Crippen LogP contribution is 2.17. The van der Waals surface area contributed by atoms with Crippen LogP contribution in [0.15, 0.2) is 4.99 Å². The van der Waals surface area contributed by atoms with E-state index in [4.69, 9.17) is 0 Å². The van der Waals surface area contributed by atoms with E-state index in [0.29, 0.717) is 12.1 Å². The third-order valence-corrected chi connectivity index (χ3v) is 3.84. The summed E-state index contributed by atoms with van der Waals surface area (Å²) in [6.07, 6.45) is 5.13. The minimum absolute atomic E-state index is 0.506. The van der Waals surface area contributed by atoms with E-state index in [1.165, 1.54) is 31.4 Å². The van der Waals surface area contributed by atoms with Gasteiger partial charge in [-0.1, -0.05) is 38.5 Å². The fourth-order valence-electron chi connectivity index (χ4n) is 1.82. The number of amidine groups is 1. The van der Waals surface area contributed by atoms with Gasteiger partial charge in [-0.05, 0) is 32.6 Å². The average molecular weight is 242 g/mol. The topological polar surface area (TPSA) is 24.4 Å². The summed E-state index contributed by atoms with van der Waals surface area (Å²) in [5.74, 6) is 2.04. The predicted octanol–water partition coefficient (Wildman–Crippen LogP) is 3.67. The molecule has 1 N–H and O–H groups in total. The van der Waals surface area contributed by atoms with Crippen LogP contribution in [0.3, 0.4) is 0 Å². The van der Waals surface area contributed by atoms with E-state index < -0.39 is 0 Å². The highest BCUT2D eigenvalue weighted by Gasteiger charge is 2.13. The van der Waals surface area contributed by atoms with Crippen molar-refractivity contribution in [3.8, 4) is 0 Å². The van der Waals surface area contributed by atoms with Gasteiger partial charge in [0.15, 0.2) is 5.17 Å². The lowest BCUT2D eigenvalue weighted by atomic mass is 10.0. The molecule has 0 spiro atoms. The third-order valence-electron chi connectivity index (χ3n) is 2.90. The molecule has 0 saturated heterocycles. The number of thioether (sulfide) groups is 1. The second-order valence-corrected chi connectivity index (χ2v) is 6.37. The van der Waals surface area contributed by atoms with Crippen LogP contribution in [0.2, 0.25) is 0 Å². The van der Waals surface area contributed by atoms with Crippen molar-refractivity contribution in [3.05, 3.63) is 0 Å². The standard InChI is InChI=1S/C13H26N2S/c1-10(2)6-5-7-11(3)14-13-15-12(4)8-9-16-13/h10-12H,5-9H2,1-4H3,(H,14,15). The van der Waals surface area contributed by atoms with Crippen molar-refractivity contribution >= 4 is 16.9 Å². The molecule has 94 valence electrons. The van der Waals surface area contributed by atoms with Gasteiger partial charge in [0, 0.05) is 11.8 Å². The molecule has 0 aromatic rings. The van der Waals surface area contributed by atoms with Crippen LogP contribution in [-0.4, -0.2) is 23.0 Å². The Morgan fingerprint density at radius 1 is 1.38 bits per heavy atom. The van der Waals surface area contributed by atoms with Crippen molar-refractivity contribution in [3.63, 3.8) is 0 Å². The quantitative estimate of drug-likeness (QED) is 0.795. The SMILES string of the molecule is CC(C)CCCC(C)NC1=NC(C)CCS1. The van der Waals surface area contributed by atoms with E-state index >= 15 is 0 Å². The normalized spacial score (nSPS) is 23.1. The van der Waals surface area contributed by atoms with Crippen molar-refractivity contribution in [1.29, 1.82) is 0 Å². The van der Waals surface area contributed by atoms with Gasteiger partial charge < -0.3 is 5.32 Å². The molecule has 0 fully saturated rings. The maximum Gasteiger partial charge on any atom is 0.157 e. The van der Waals surface area contributed by atoms with Crippen LogP contribution in [0, 0.1) is 5.92 Å². The largest absolute Gasteiger partial charge is 0.362 e. The molecule has 1 rings (SSSR count). The molecule has 1 heterocycles. The van der Waals surface area contributed by atoms with E-state index in [9.17, 15) is 0 Å². The Bertz CT molecular complexity index is 226. The summed E-state index contributed by atoms with van der Waals surface area (Å²) < 4.78 is 0. The molecule has 0 amide bonds. The second-order valence-electron chi connectivity index (χ2n) is 5.29. The second kappa shape index (κ2) is 7.21. The summed E-state index contributed by atoms with van der Waals surface area (Å²) in [7, 11) is 0. The molecular formula is C13H26N2S. The highest BCUT2D eigenvalue weighted by molar-refractivity contribution is 8.13. The van der Waals surface area contributed by atoms with Gasteiger partial charge in [-0.15, -0.1) is 0 Å². The third kappa shape index (κ3) is 5.78. The van der Waals surface area contributed by atoms with Crippen molar-refractivity contribution in [2.45, 2.75) is 65.5 Å². The van der Waals surface area contributed by atoms with E-state index in [2.05, 4.69) is 38.0 Å². The van der Waals surface area contributed by atoms with Crippen molar-refractivity contribution in [2.24, 2.45) is 10.9 Å². The van der Waals surface area contributed by atoms with Gasteiger partial charge in [-0.25, -0.2) is 0 Å². The Hall–Kier alpha value is -0.180. The lowest BCUT2D eigenvalue weighted by Crippen LogP contribution is -2.33. The lowest BCUT2D eigenvalue weighted by Gasteiger charge is -2.21. The van der Waals surface area contributed by atoms with Crippen LogP contribution in [0.1, 0.15) is 53.4 Å². The molecule has 3 heteroatoms. The first-order valence-electron chi connectivity index (χ1n) is 6.55. The van der Waals surface area contributed by atoms with Crippen LogP contribution in [-0.2, 0) is 0 Å². The minimum Gasteiger partial charge on any atom is -0.362 e. The Kier molecular flexibility index (Phi) is 6.25. The van der Waals surface area contributed by atoms with Gasteiger partial charge in [0.1, 0.15) is 0 Å². The molecule has 0 radical (unpaired) electrons. The summed E-state index contributed by atoms with van der Waals surface area (Å²) in [6.45, 7) is 9.05.